The van der Waals surface area contributed by atoms with Crippen LogP contribution in [-0.2, 0) is 24.3 Å². The standard InChI is InChI=1S/C25H30N6O2S/c1-2-3-12-33-25-28-22(26)20-13-21(32)31(23(20)29-25)14-17-6-8-18(9-7-17)24-27-19(16-34-24)15-30-10-4-5-11-30/h6-9,16H,2-5,10-15H2,1H3,(H2,26,28,29). The lowest BCUT2D eigenvalue weighted by atomic mass is 10.1. The molecular formula is C25H30N6O2S. The number of hydrogen-bond acceptors (Lipinski definition) is 8. The van der Waals surface area contributed by atoms with Crippen LogP contribution in [0.5, 0.6) is 6.01 Å². The molecule has 0 atom stereocenters. The van der Waals surface area contributed by atoms with Gasteiger partial charge in [-0.2, -0.15) is 9.97 Å². The molecule has 1 fully saturated rings. The van der Waals surface area contributed by atoms with E-state index in [1.165, 1.54) is 25.9 Å². The van der Waals surface area contributed by atoms with Crippen LogP contribution in [0.3, 0.4) is 0 Å². The van der Waals surface area contributed by atoms with Gasteiger partial charge in [-0.15, -0.1) is 11.3 Å². The molecule has 0 radical (unpaired) electrons. The van der Waals surface area contributed by atoms with Gasteiger partial charge in [0.15, 0.2) is 0 Å². The second kappa shape index (κ2) is 10.1. The number of amides is 1. The second-order valence-corrected chi connectivity index (χ2v) is 9.73. The summed E-state index contributed by atoms with van der Waals surface area (Å²) in [5.74, 6) is 0.841. The zero-order valence-electron chi connectivity index (χ0n) is 19.5. The summed E-state index contributed by atoms with van der Waals surface area (Å²) in [5.41, 5.74) is 10.0. The average molecular weight is 479 g/mol. The van der Waals surface area contributed by atoms with Crippen LogP contribution in [0.2, 0.25) is 0 Å². The lowest BCUT2D eigenvalue weighted by Gasteiger charge is -2.17. The number of hydrogen-bond donors (Lipinski definition) is 1. The second-order valence-electron chi connectivity index (χ2n) is 8.88. The minimum atomic E-state index is -0.0303. The molecule has 2 aliphatic heterocycles. The van der Waals surface area contributed by atoms with Crippen LogP contribution in [0.1, 0.15) is 49.4 Å². The first-order valence-corrected chi connectivity index (χ1v) is 12.8. The van der Waals surface area contributed by atoms with Crippen LogP contribution in [-0.4, -0.2) is 45.5 Å². The first kappa shape index (κ1) is 22.7. The fourth-order valence-electron chi connectivity index (χ4n) is 4.38. The molecule has 9 heteroatoms. The van der Waals surface area contributed by atoms with Gasteiger partial charge in [-0.1, -0.05) is 37.6 Å². The molecule has 4 heterocycles. The van der Waals surface area contributed by atoms with E-state index in [0.29, 0.717) is 30.4 Å². The van der Waals surface area contributed by atoms with E-state index in [4.69, 9.17) is 15.5 Å². The summed E-state index contributed by atoms with van der Waals surface area (Å²) in [4.78, 5) is 30.4. The summed E-state index contributed by atoms with van der Waals surface area (Å²) in [5, 5.41) is 3.18. The summed E-state index contributed by atoms with van der Waals surface area (Å²) < 4.78 is 5.65. The van der Waals surface area contributed by atoms with Crippen molar-refractivity contribution in [2.75, 3.05) is 30.3 Å². The first-order valence-electron chi connectivity index (χ1n) is 12.0. The van der Waals surface area contributed by atoms with E-state index in [2.05, 4.69) is 39.3 Å². The Bertz CT molecular complexity index is 1160. The van der Waals surface area contributed by atoms with Gasteiger partial charge in [0.1, 0.15) is 16.6 Å². The number of carbonyl (C=O) groups is 1. The maximum Gasteiger partial charge on any atom is 0.320 e. The summed E-state index contributed by atoms with van der Waals surface area (Å²) in [6.07, 6.45) is 4.71. The predicted molar refractivity (Wildman–Crippen MR) is 134 cm³/mol. The smallest absolute Gasteiger partial charge is 0.320 e. The zero-order valence-corrected chi connectivity index (χ0v) is 20.3. The Hall–Kier alpha value is -3.04. The number of anilines is 2. The van der Waals surface area contributed by atoms with Crippen molar-refractivity contribution in [3.8, 4) is 16.6 Å². The van der Waals surface area contributed by atoms with Crippen LogP contribution >= 0.6 is 11.3 Å². The van der Waals surface area contributed by atoms with E-state index < -0.39 is 0 Å². The zero-order chi connectivity index (χ0) is 23.5. The molecule has 1 saturated heterocycles. The monoisotopic (exact) mass is 478 g/mol. The molecule has 0 unspecified atom stereocenters. The number of likely N-dealkylation sites (tertiary alicyclic amines) is 1. The van der Waals surface area contributed by atoms with Crippen molar-refractivity contribution in [3.05, 3.63) is 46.5 Å². The van der Waals surface area contributed by atoms with Crippen molar-refractivity contribution in [1.82, 2.24) is 19.9 Å². The molecule has 3 aromatic rings. The Morgan fingerprint density at radius 1 is 1.09 bits per heavy atom. The number of fused-ring (bicyclic) bond motifs is 1. The molecule has 2 aliphatic rings. The quantitative estimate of drug-likeness (QED) is 0.464. The molecule has 0 saturated carbocycles. The van der Waals surface area contributed by atoms with E-state index in [1.54, 1.807) is 16.2 Å². The average Bonchev–Trinajstić information content (AvgIpc) is 3.58. The molecule has 1 amide bonds. The highest BCUT2D eigenvalue weighted by Gasteiger charge is 2.32. The van der Waals surface area contributed by atoms with Crippen molar-refractivity contribution < 1.29 is 9.53 Å². The maximum atomic E-state index is 12.7. The van der Waals surface area contributed by atoms with Crippen molar-refractivity contribution in [2.45, 2.75) is 52.1 Å². The van der Waals surface area contributed by atoms with E-state index in [9.17, 15) is 4.79 Å². The van der Waals surface area contributed by atoms with E-state index in [1.807, 2.05) is 12.1 Å². The van der Waals surface area contributed by atoms with Gasteiger partial charge in [-0.3, -0.25) is 14.6 Å². The number of nitrogens with two attached hydrogens (primary N) is 1. The van der Waals surface area contributed by atoms with E-state index in [-0.39, 0.29) is 18.3 Å². The number of thiazole rings is 1. The Kier molecular flexibility index (Phi) is 6.73. The number of aromatic nitrogens is 3. The van der Waals surface area contributed by atoms with Crippen molar-refractivity contribution >= 4 is 28.9 Å². The lowest BCUT2D eigenvalue weighted by molar-refractivity contribution is -0.117. The number of nitrogen functional groups attached to an aromatic ring is 1. The van der Waals surface area contributed by atoms with Crippen molar-refractivity contribution in [3.63, 3.8) is 0 Å². The van der Waals surface area contributed by atoms with Gasteiger partial charge < -0.3 is 10.5 Å². The third-order valence-corrected chi connectivity index (χ3v) is 7.23. The molecule has 2 N–H and O–H groups in total. The minimum absolute atomic E-state index is 0.0303. The number of ether oxygens (including phenoxy) is 1. The number of nitrogens with zero attached hydrogens (tertiary/aromatic N) is 5. The van der Waals surface area contributed by atoms with Gasteiger partial charge in [-0.25, -0.2) is 4.98 Å². The molecular weight excluding hydrogens is 448 g/mol. The highest BCUT2D eigenvalue weighted by Crippen LogP contribution is 2.33. The molecule has 0 aliphatic carbocycles. The Morgan fingerprint density at radius 3 is 2.65 bits per heavy atom. The number of benzene rings is 1. The van der Waals surface area contributed by atoms with Gasteiger partial charge in [0.05, 0.1) is 25.3 Å². The third-order valence-electron chi connectivity index (χ3n) is 6.29. The van der Waals surface area contributed by atoms with Gasteiger partial charge >= 0.3 is 6.01 Å². The summed E-state index contributed by atoms with van der Waals surface area (Å²) >= 11 is 1.68. The largest absolute Gasteiger partial charge is 0.463 e. The Labute approximate surface area is 203 Å². The normalized spacial score (nSPS) is 15.8. The Balaban J connectivity index is 1.28. The molecule has 34 heavy (non-hydrogen) atoms. The number of carbonyl (C=O) groups excluding carboxylic acids is 1. The fourth-order valence-corrected chi connectivity index (χ4v) is 5.20. The number of rotatable bonds is 9. The predicted octanol–water partition coefficient (Wildman–Crippen LogP) is 4.05. The minimum Gasteiger partial charge on any atom is -0.463 e. The summed E-state index contributed by atoms with van der Waals surface area (Å²) in [6.45, 7) is 6.32. The van der Waals surface area contributed by atoms with Crippen LogP contribution < -0.4 is 15.4 Å². The molecule has 5 rings (SSSR count). The van der Waals surface area contributed by atoms with Crippen LogP contribution in [0.25, 0.3) is 10.6 Å². The summed E-state index contributed by atoms with van der Waals surface area (Å²) in [6, 6.07) is 8.47. The van der Waals surface area contributed by atoms with Crippen LogP contribution in [0.4, 0.5) is 11.6 Å². The van der Waals surface area contributed by atoms with E-state index in [0.717, 1.165) is 41.2 Å². The molecule has 1 aromatic carbocycles. The van der Waals surface area contributed by atoms with Gasteiger partial charge in [0.2, 0.25) is 5.91 Å². The van der Waals surface area contributed by atoms with E-state index >= 15 is 0 Å². The lowest BCUT2D eigenvalue weighted by Crippen LogP contribution is -2.26. The molecule has 178 valence electrons. The molecule has 0 bridgehead atoms. The van der Waals surface area contributed by atoms with Gasteiger partial charge in [0.25, 0.3) is 0 Å². The fraction of sp³-hybridized carbons (Fsp3) is 0.440. The maximum absolute atomic E-state index is 12.7. The third kappa shape index (κ3) is 4.90. The molecule has 8 nitrogen and oxygen atoms in total. The topological polar surface area (TPSA) is 97.5 Å². The highest BCUT2D eigenvalue weighted by molar-refractivity contribution is 7.13. The first-order chi connectivity index (χ1) is 16.6. The molecule has 2 aromatic heterocycles. The highest BCUT2D eigenvalue weighted by atomic mass is 32.1. The van der Waals surface area contributed by atoms with Gasteiger partial charge in [0, 0.05) is 23.1 Å². The van der Waals surface area contributed by atoms with Crippen LogP contribution in [0, 0.1) is 0 Å². The Morgan fingerprint density at radius 2 is 1.88 bits per heavy atom. The summed E-state index contributed by atoms with van der Waals surface area (Å²) in [7, 11) is 0. The van der Waals surface area contributed by atoms with Crippen LogP contribution in [0.15, 0.2) is 29.6 Å². The van der Waals surface area contributed by atoms with Crippen molar-refractivity contribution in [1.29, 1.82) is 0 Å². The van der Waals surface area contributed by atoms with Gasteiger partial charge in [-0.05, 0) is 37.9 Å². The number of unbranched alkanes of at least 4 members (excludes halogenated alkanes) is 1. The van der Waals surface area contributed by atoms with Crippen molar-refractivity contribution in [2.24, 2.45) is 0 Å². The SMILES string of the molecule is CCCCOc1nc(N)c2c(n1)N(Cc1ccc(-c3nc(CN4CCCC4)cs3)cc1)C(=O)C2. The molecule has 0 spiro atoms.